The van der Waals surface area contributed by atoms with E-state index in [1.54, 1.807) is 30.9 Å². The van der Waals surface area contributed by atoms with Crippen LogP contribution in [0.4, 0.5) is 11.6 Å². The van der Waals surface area contributed by atoms with E-state index < -0.39 is 0 Å². The van der Waals surface area contributed by atoms with Crippen LogP contribution in [0.2, 0.25) is 0 Å². The molecular formula is C28H36N8O. The van der Waals surface area contributed by atoms with Crippen LogP contribution in [0.5, 0.6) is 0 Å². The summed E-state index contributed by atoms with van der Waals surface area (Å²) < 4.78 is 0. The molecule has 0 saturated heterocycles. The largest absolute Gasteiger partial charge is 0.377 e. The molecule has 0 atom stereocenters. The Balaban J connectivity index is 1.71. The average molecular weight is 501 g/mol. The highest BCUT2D eigenvalue weighted by Gasteiger charge is 2.11. The van der Waals surface area contributed by atoms with Crippen molar-refractivity contribution >= 4 is 17.5 Å². The van der Waals surface area contributed by atoms with Crippen LogP contribution < -0.4 is 10.6 Å². The number of carbonyl (C=O) groups excluding carboxylic acids is 1. The van der Waals surface area contributed by atoms with E-state index in [4.69, 9.17) is 0 Å². The van der Waals surface area contributed by atoms with Crippen LogP contribution in [0, 0.1) is 6.92 Å². The van der Waals surface area contributed by atoms with E-state index in [0.717, 1.165) is 42.2 Å². The lowest BCUT2D eigenvalue weighted by Crippen LogP contribution is -2.28. The zero-order chi connectivity index (χ0) is 26.8. The third kappa shape index (κ3) is 8.22. The van der Waals surface area contributed by atoms with E-state index in [9.17, 15) is 4.79 Å². The SMILES string of the molecule is CC/C(=C\C=C(/C)NC(=O)c1cnc(C)c(Nc2nccc(-c3cccnc3)n2)c1)N(C)CCN(C)C. The summed E-state index contributed by atoms with van der Waals surface area (Å²) in [6, 6.07) is 7.38. The third-order valence-corrected chi connectivity index (χ3v) is 5.78. The lowest BCUT2D eigenvalue weighted by molar-refractivity contribution is 0.0965. The van der Waals surface area contributed by atoms with Crippen LogP contribution in [-0.2, 0) is 0 Å². The number of allylic oxidation sites excluding steroid dienone is 4. The van der Waals surface area contributed by atoms with E-state index in [1.807, 2.05) is 38.1 Å². The molecule has 0 radical (unpaired) electrons. The van der Waals surface area contributed by atoms with Gasteiger partial charge >= 0.3 is 0 Å². The number of rotatable bonds is 11. The first-order valence-electron chi connectivity index (χ1n) is 12.3. The van der Waals surface area contributed by atoms with Gasteiger partial charge in [-0.25, -0.2) is 9.97 Å². The van der Waals surface area contributed by atoms with Crippen LogP contribution in [0.1, 0.15) is 36.3 Å². The standard InChI is InChI=1S/C28H36N8O/c1-7-24(36(6)16-15-35(4)5)11-10-20(2)32-27(37)23-17-26(21(3)31-19-23)34-28-30-14-12-25(33-28)22-9-8-13-29-18-22/h8-14,17-19H,7,15-16H2,1-6H3,(H,32,37)(H,30,33,34)/b20-10+,24-11+. The van der Waals surface area contributed by atoms with Crippen LogP contribution in [0.3, 0.4) is 0 Å². The van der Waals surface area contributed by atoms with Crippen molar-refractivity contribution in [1.29, 1.82) is 0 Å². The molecule has 3 aromatic rings. The number of likely N-dealkylation sites (N-methyl/N-ethyl adjacent to an activating group) is 2. The molecule has 9 heteroatoms. The summed E-state index contributed by atoms with van der Waals surface area (Å²) in [4.78, 5) is 34.8. The van der Waals surface area contributed by atoms with E-state index >= 15 is 0 Å². The smallest absolute Gasteiger partial charge is 0.257 e. The Hall–Kier alpha value is -4.11. The summed E-state index contributed by atoms with van der Waals surface area (Å²) in [6.45, 7) is 7.78. The van der Waals surface area contributed by atoms with Crippen molar-refractivity contribution in [2.45, 2.75) is 27.2 Å². The predicted molar refractivity (Wildman–Crippen MR) is 148 cm³/mol. The molecule has 0 aliphatic rings. The van der Waals surface area contributed by atoms with Crippen molar-refractivity contribution < 1.29 is 4.79 Å². The second-order valence-electron chi connectivity index (χ2n) is 9.03. The first-order chi connectivity index (χ1) is 17.8. The summed E-state index contributed by atoms with van der Waals surface area (Å²) >= 11 is 0. The van der Waals surface area contributed by atoms with E-state index in [2.05, 4.69) is 74.5 Å². The summed E-state index contributed by atoms with van der Waals surface area (Å²) in [5.74, 6) is 0.178. The molecule has 9 nitrogen and oxygen atoms in total. The predicted octanol–water partition coefficient (Wildman–Crippen LogP) is 4.41. The first kappa shape index (κ1) is 27.5. The molecule has 0 aliphatic carbocycles. The molecule has 0 saturated carbocycles. The van der Waals surface area contributed by atoms with Gasteiger partial charge in [-0.1, -0.05) is 6.92 Å². The van der Waals surface area contributed by atoms with Crippen molar-refractivity contribution in [3.63, 3.8) is 0 Å². The van der Waals surface area contributed by atoms with Gasteiger partial charge in [0.25, 0.3) is 5.91 Å². The van der Waals surface area contributed by atoms with Crippen molar-refractivity contribution in [3.05, 3.63) is 83.9 Å². The molecule has 0 spiro atoms. The van der Waals surface area contributed by atoms with Gasteiger partial charge in [0.1, 0.15) is 0 Å². The topological polar surface area (TPSA) is 99.2 Å². The number of hydrogen-bond donors (Lipinski definition) is 2. The number of nitrogens with one attached hydrogen (secondary N) is 2. The van der Waals surface area contributed by atoms with Crippen molar-refractivity contribution in [2.75, 3.05) is 39.5 Å². The Bertz CT molecular complexity index is 1250. The maximum Gasteiger partial charge on any atom is 0.257 e. The van der Waals surface area contributed by atoms with Gasteiger partial charge in [0.05, 0.1) is 22.6 Å². The molecule has 0 bridgehead atoms. The quantitative estimate of drug-likeness (QED) is 0.374. The molecule has 0 unspecified atom stereocenters. The van der Waals surface area contributed by atoms with Gasteiger partial charge in [0.2, 0.25) is 5.95 Å². The molecule has 194 valence electrons. The number of carbonyl (C=O) groups is 1. The Labute approximate surface area is 219 Å². The number of hydrogen-bond acceptors (Lipinski definition) is 8. The summed E-state index contributed by atoms with van der Waals surface area (Å²) in [5.41, 5.74) is 5.42. The molecular weight excluding hydrogens is 464 g/mol. The van der Waals surface area contributed by atoms with E-state index in [-0.39, 0.29) is 5.91 Å². The molecule has 0 fully saturated rings. The number of amides is 1. The second-order valence-corrected chi connectivity index (χ2v) is 9.03. The normalized spacial score (nSPS) is 12.0. The molecule has 0 aliphatic heterocycles. The number of aryl methyl sites for hydroxylation is 1. The maximum atomic E-state index is 12.9. The third-order valence-electron chi connectivity index (χ3n) is 5.78. The van der Waals surface area contributed by atoms with E-state index in [1.165, 1.54) is 5.70 Å². The lowest BCUT2D eigenvalue weighted by atomic mass is 10.2. The molecule has 37 heavy (non-hydrogen) atoms. The van der Waals surface area contributed by atoms with Gasteiger partial charge in [0, 0.05) is 61.9 Å². The van der Waals surface area contributed by atoms with Gasteiger partial charge in [-0.3, -0.25) is 14.8 Å². The first-order valence-corrected chi connectivity index (χ1v) is 12.3. The summed E-state index contributed by atoms with van der Waals surface area (Å²) in [5, 5.41) is 6.14. The fourth-order valence-corrected chi connectivity index (χ4v) is 3.52. The highest BCUT2D eigenvalue weighted by atomic mass is 16.1. The molecule has 1 amide bonds. The Morgan fingerprint density at radius 1 is 1.05 bits per heavy atom. The zero-order valence-electron chi connectivity index (χ0n) is 22.5. The molecule has 3 rings (SSSR count). The fraction of sp³-hybridized carbons (Fsp3) is 0.321. The van der Waals surface area contributed by atoms with Crippen LogP contribution in [-0.4, -0.2) is 69.9 Å². The fourth-order valence-electron chi connectivity index (χ4n) is 3.52. The van der Waals surface area contributed by atoms with Gasteiger partial charge in [-0.15, -0.1) is 0 Å². The van der Waals surface area contributed by atoms with Crippen molar-refractivity contribution in [3.8, 4) is 11.3 Å². The van der Waals surface area contributed by atoms with Crippen LogP contribution in [0.25, 0.3) is 11.3 Å². The summed E-state index contributed by atoms with van der Waals surface area (Å²) in [7, 11) is 6.22. The van der Waals surface area contributed by atoms with Crippen LogP contribution in [0.15, 0.2) is 72.6 Å². The van der Waals surface area contributed by atoms with Gasteiger partial charge < -0.3 is 20.4 Å². The maximum absolute atomic E-state index is 12.9. The highest BCUT2D eigenvalue weighted by Crippen LogP contribution is 2.21. The van der Waals surface area contributed by atoms with Gasteiger partial charge in [0.15, 0.2) is 0 Å². The minimum atomic E-state index is -0.235. The number of anilines is 2. The van der Waals surface area contributed by atoms with Crippen molar-refractivity contribution in [2.24, 2.45) is 0 Å². The Morgan fingerprint density at radius 2 is 1.86 bits per heavy atom. The van der Waals surface area contributed by atoms with Crippen LogP contribution >= 0.6 is 0 Å². The lowest BCUT2D eigenvalue weighted by Gasteiger charge is -2.23. The van der Waals surface area contributed by atoms with E-state index in [0.29, 0.717) is 17.2 Å². The molecule has 0 aromatic carbocycles. The zero-order valence-corrected chi connectivity index (χ0v) is 22.5. The number of aromatic nitrogens is 4. The number of nitrogens with zero attached hydrogens (tertiary/aromatic N) is 6. The highest BCUT2D eigenvalue weighted by molar-refractivity contribution is 5.96. The molecule has 2 N–H and O–H groups in total. The average Bonchev–Trinajstić information content (AvgIpc) is 2.89. The monoisotopic (exact) mass is 500 g/mol. The van der Waals surface area contributed by atoms with Gasteiger partial charge in [-0.05, 0) is 70.8 Å². The minimum absolute atomic E-state index is 0.235. The summed E-state index contributed by atoms with van der Waals surface area (Å²) in [6.07, 6.45) is 11.6. The Morgan fingerprint density at radius 3 is 2.57 bits per heavy atom. The Kier molecular flexibility index (Phi) is 9.85. The second kappa shape index (κ2) is 13.3. The number of pyridine rings is 2. The molecule has 3 aromatic heterocycles. The van der Waals surface area contributed by atoms with Crippen molar-refractivity contribution in [1.82, 2.24) is 35.1 Å². The minimum Gasteiger partial charge on any atom is -0.377 e. The molecule has 3 heterocycles. The van der Waals surface area contributed by atoms with Gasteiger partial charge in [-0.2, -0.15) is 0 Å².